The Morgan fingerprint density at radius 2 is 1.79 bits per heavy atom. The summed E-state index contributed by atoms with van der Waals surface area (Å²) in [5.74, 6) is -1.36. The molecule has 1 aromatic carbocycles. The monoisotopic (exact) mass is 190 g/mol. The first-order chi connectivity index (χ1) is 6.61. The maximum Gasteiger partial charge on any atom is 0.336 e. The zero-order valence-corrected chi connectivity index (χ0v) is 7.73. The summed E-state index contributed by atoms with van der Waals surface area (Å²) in [7, 11) is 0. The van der Waals surface area contributed by atoms with E-state index in [0.717, 1.165) is 6.08 Å². The van der Waals surface area contributed by atoms with Gasteiger partial charge in [0.2, 0.25) is 0 Å². The molecule has 0 aliphatic rings. The largest absolute Gasteiger partial charge is 0.478 e. The Morgan fingerprint density at radius 3 is 2.21 bits per heavy atom. The van der Waals surface area contributed by atoms with E-state index in [1.807, 2.05) is 0 Å². The topological polar surface area (TPSA) is 54.4 Å². The Balaban J connectivity index is 3.14. The van der Waals surface area contributed by atoms with Crippen molar-refractivity contribution in [2.75, 3.05) is 0 Å². The van der Waals surface area contributed by atoms with Crippen LogP contribution in [0.3, 0.4) is 0 Å². The van der Waals surface area contributed by atoms with Gasteiger partial charge in [0, 0.05) is 0 Å². The van der Waals surface area contributed by atoms with E-state index in [-0.39, 0.29) is 11.4 Å². The summed E-state index contributed by atoms with van der Waals surface area (Å²) in [6.07, 6.45) is 1.12. The lowest BCUT2D eigenvalue weighted by Crippen LogP contribution is -2.01. The number of carboxylic acid groups (broad SMARTS) is 1. The molecule has 0 aliphatic heterocycles. The summed E-state index contributed by atoms with van der Waals surface area (Å²) < 4.78 is 0. The average molecular weight is 190 g/mol. The molecule has 0 radical (unpaired) electrons. The number of ketones is 1. The Labute approximate surface area is 81.7 Å². The summed E-state index contributed by atoms with van der Waals surface area (Å²) in [5.41, 5.74) is 0.563. The number of rotatable bonds is 3. The predicted octanol–water partition coefficient (Wildman–Crippen LogP) is 1.74. The summed E-state index contributed by atoms with van der Waals surface area (Å²) in [4.78, 5) is 21.6. The first-order valence-corrected chi connectivity index (χ1v) is 4.12. The van der Waals surface area contributed by atoms with Gasteiger partial charge >= 0.3 is 5.97 Å². The Bertz CT molecular complexity index is 377. The van der Waals surface area contributed by atoms with Crippen LogP contribution in [0.5, 0.6) is 0 Å². The number of aliphatic carboxylic acids is 1. The highest BCUT2D eigenvalue weighted by Crippen LogP contribution is 2.13. The van der Waals surface area contributed by atoms with Crippen molar-refractivity contribution in [2.24, 2.45) is 0 Å². The highest BCUT2D eigenvalue weighted by molar-refractivity contribution is 6.20. The lowest BCUT2D eigenvalue weighted by atomic mass is 10.1. The first-order valence-electron chi connectivity index (χ1n) is 4.12. The van der Waals surface area contributed by atoms with E-state index in [1.165, 1.54) is 6.92 Å². The molecule has 0 unspecified atom stereocenters. The van der Waals surface area contributed by atoms with Crippen LogP contribution in [-0.2, 0) is 9.59 Å². The summed E-state index contributed by atoms with van der Waals surface area (Å²) in [5, 5.41) is 8.86. The van der Waals surface area contributed by atoms with E-state index >= 15 is 0 Å². The average Bonchev–Trinajstić information content (AvgIpc) is 2.15. The molecule has 0 aromatic heterocycles. The number of hydrogen-bond acceptors (Lipinski definition) is 2. The number of benzene rings is 1. The van der Waals surface area contributed by atoms with Crippen molar-refractivity contribution in [1.29, 1.82) is 0 Å². The molecule has 1 N–H and O–H groups in total. The normalized spacial score (nSPS) is 11.1. The van der Waals surface area contributed by atoms with E-state index in [2.05, 4.69) is 0 Å². The van der Waals surface area contributed by atoms with Gasteiger partial charge in [0.1, 0.15) is 0 Å². The Morgan fingerprint density at radius 1 is 1.21 bits per heavy atom. The molecule has 14 heavy (non-hydrogen) atoms. The lowest BCUT2D eigenvalue weighted by Gasteiger charge is -2.00. The van der Waals surface area contributed by atoms with E-state index in [0.29, 0.717) is 5.56 Å². The third-order valence-electron chi connectivity index (χ3n) is 1.66. The molecule has 0 aliphatic carbocycles. The van der Waals surface area contributed by atoms with Gasteiger partial charge in [-0.1, -0.05) is 30.3 Å². The van der Waals surface area contributed by atoms with Crippen molar-refractivity contribution in [3.05, 3.63) is 42.0 Å². The Kier molecular flexibility index (Phi) is 3.18. The van der Waals surface area contributed by atoms with Crippen molar-refractivity contribution in [2.45, 2.75) is 6.92 Å². The minimum Gasteiger partial charge on any atom is -0.478 e. The van der Waals surface area contributed by atoms with Crippen LogP contribution < -0.4 is 0 Å². The van der Waals surface area contributed by atoms with Crippen molar-refractivity contribution in [1.82, 2.24) is 0 Å². The highest BCUT2D eigenvalue weighted by atomic mass is 16.4. The van der Waals surface area contributed by atoms with Crippen molar-refractivity contribution < 1.29 is 14.7 Å². The van der Waals surface area contributed by atoms with Crippen LogP contribution >= 0.6 is 0 Å². The predicted molar refractivity (Wildman–Crippen MR) is 52.7 cm³/mol. The van der Waals surface area contributed by atoms with E-state index < -0.39 is 5.97 Å². The maximum absolute atomic E-state index is 10.8. The summed E-state index contributed by atoms with van der Waals surface area (Å²) in [6.45, 7) is 1.33. The number of allylic oxidation sites excluding steroid dienone is 1. The second-order valence-corrected chi connectivity index (χ2v) is 2.84. The smallest absolute Gasteiger partial charge is 0.336 e. The molecule has 3 nitrogen and oxygen atoms in total. The fourth-order valence-corrected chi connectivity index (χ4v) is 1.09. The third-order valence-corrected chi connectivity index (χ3v) is 1.66. The molecule has 3 heteroatoms. The summed E-state index contributed by atoms with van der Waals surface area (Å²) >= 11 is 0. The van der Waals surface area contributed by atoms with Crippen LogP contribution in [0.1, 0.15) is 12.5 Å². The molecule has 72 valence electrons. The molecule has 0 spiro atoms. The van der Waals surface area contributed by atoms with Crippen LogP contribution in [0.4, 0.5) is 0 Å². The van der Waals surface area contributed by atoms with Gasteiger partial charge in [0.15, 0.2) is 5.78 Å². The van der Waals surface area contributed by atoms with Gasteiger partial charge in [-0.25, -0.2) is 4.79 Å². The van der Waals surface area contributed by atoms with Gasteiger partial charge in [-0.2, -0.15) is 0 Å². The van der Waals surface area contributed by atoms with Crippen LogP contribution in [0, 0.1) is 0 Å². The molecule has 0 saturated carbocycles. The molecule has 0 atom stereocenters. The van der Waals surface area contributed by atoms with Crippen molar-refractivity contribution in [3.8, 4) is 0 Å². The van der Waals surface area contributed by atoms with E-state index in [9.17, 15) is 9.59 Å². The molecule has 0 saturated heterocycles. The van der Waals surface area contributed by atoms with Gasteiger partial charge in [-0.05, 0) is 18.6 Å². The fraction of sp³-hybridized carbons (Fsp3) is 0.0909. The zero-order valence-electron chi connectivity index (χ0n) is 7.73. The molecule has 0 bridgehead atoms. The second kappa shape index (κ2) is 4.37. The van der Waals surface area contributed by atoms with Crippen molar-refractivity contribution >= 4 is 17.3 Å². The molecule has 1 aromatic rings. The molecular weight excluding hydrogens is 180 g/mol. The maximum atomic E-state index is 10.8. The highest BCUT2D eigenvalue weighted by Gasteiger charge is 2.09. The number of carbonyl (C=O) groups is 2. The molecule has 0 heterocycles. The molecule has 0 amide bonds. The summed E-state index contributed by atoms with van der Waals surface area (Å²) in [6, 6.07) is 8.56. The van der Waals surface area contributed by atoms with E-state index in [4.69, 9.17) is 5.11 Å². The SMILES string of the molecule is CC(=O)C=C(C(=O)O)c1ccccc1. The molecular formula is C11H10O3. The number of hydrogen-bond donors (Lipinski definition) is 1. The van der Waals surface area contributed by atoms with Gasteiger partial charge in [0.25, 0.3) is 0 Å². The van der Waals surface area contributed by atoms with Crippen LogP contribution in [0.25, 0.3) is 5.57 Å². The third kappa shape index (κ3) is 2.55. The quantitative estimate of drug-likeness (QED) is 0.738. The minimum absolute atomic E-state index is 0.0260. The zero-order chi connectivity index (χ0) is 10.6. The number of carboxylic acids is 1. The van der Waals surface area contributed by atoms with Gasteiger partial charge < -0.3 is 5.11 Å². The Hall–Kier alpha value is -1.90. The van der Waals surface area contributed by atoms with E-state index in [1.54, 1.807) is 30.3 Å². The van der Waals surface area contributed by atoms with Crippen molar-refractivity contribution in [3.63, 3.8) is 0 Å². The second-order valence-electron chi connectivity index (χ2n) is 2.84. The number of carbonyl (C=O) groups excluding carboxylic acids is 1. The first kappa shape index (κ1) is 10.2. The van der Waals surface area contributed by atoms with Gasteiger partial charge in [-0.3, -0.25) is 4.79 Å². The van der Waals surface area contributed by atoms with Crippen LogP contribution in [0.15, 0.2) is 36.4 Å². The van der Waals surface area contributed by atoms with Crippen LogP contribution in [-0.4, -0.2) is 16.9 Å². The molecule has 0 fully saturated rings. The molecule has 1 rings (SSSR count). The lowest BCUT2D eigenvalue weighted by molar-refractivity contribution is -0.130. The van der Waals surface area contributed by atoms with Gasteiger partial charge in [-0.15, -0.1) is 0 Å². The minimum atomic E-state index is -1.09. The van der Waals surface area contributed by atoms with Crippen LogP contribution in [0.2, 0.25) is 0 Å². The van der Waals surface area contributed by atoms with Gasteiger partial charge in [0.05, 0.1) is 5.57 Å². The standard InChI is InChI=1S/C11H10O3/c1-8(12)7-10(11(13)14)9-5-3-2-4-6-9/h2-7H,1H3,(H,13,14). The fourth-order valence-electron chi connectivity index (χ4n) is 1.09.